The number of hydrogen-bond donors (Lipinski definition) is 2. The smallest absolute Gasteiger partial charge is 0.756 e. The van der Waals surface area contributed by atoms with Gasteiger partial charge in [0.05, 0.1) is 18.5 Å². The molecule has 2 aromatic heterocycles. The number of nitrogen functional groups attached to an aromatic ring is 2. The van der Waals surface area contributed by atoms with Crippen LogP contribution in [0.5, 0.6) is 0 Å². The largest absolute Gasteiger partial charge is 1.00 e. The number of ether oxygens (including phenoxy) is 2. The van der Waals surface area contributed by atoms with Crippen LogP contribution in [0.1, 0.15) is 16.6 Å². The van der Waals surface area contributed by atoms with Crippen LogP contribution >= 0.6 is 7.82 Å². The first kappa shape index (κ1) is 23.1. The zero-order valence-corrected chi connectivity index (χ0v) is 19.6. The molecule has 13 nitrogen and oxygen atoms in total. The first-order valence-electron chi connectivity index (χ1n) is 9.12. The number of carbonyl (C=O) groups is 1. The minimum Gasteiger partial charge on any atom is -0.756 e. The monoisotopic (exact) mass is 470 g/mol. The quantitative estimate of drug-likeness (QED) is 0.171. The number of phosphoric acid groups is 1. The molecule has 2 aliphatic rings. The second kappa shape index (κ2) is 8.69. The second-order valence-corrected chi connectivity index (χ2v) is 8.28. The Bertz CT molecular complexity index is 1230. The maximum absolute atomic E-state index is 12.8. The SMILES string of the molecule is Nc1ccccc1C(=O)O[C@@H]1[C@@H]2OP(=O)([O-])OC[C@H]2O[C@H]1n1cnc2c(N)ncnc21.[Na+]. The molecular weight excluding hydrogens is 454 g/mol. The molecule has 162 valence electrons. The molecular formula is C17H16N6NaO7P. The van der Waals surface area contributed by atoms with Gasteiger partial charge in [0.1, 0.15) is 24.1 Å². The van der Waals surface area contributed by atoms with E-state index in [-0.39, 0.29) is 53.2 Å². The van der Waals surface area contributed by atoms with E-state index in [1.165, 1.54) is 23.3 Å². The first-order valence-corrected chi connectivity index (χ1v) is 10.6. The number of esters is 1. The number of rotatable bonds is 3. The molecule has 32 heavy (non-hydrogen) atoms. The van der Waals surface area contributed by atoms with E-state index in [1.54, 1.807) is 18.2 Å². The van der Waals surface area contributed by atoms with E-state index in [4.69, 9.17) is 30.0 Å². The zero-order chi connectivity index (χ0) is 21.8. The molecule has 0 amide bonds. The number of nitrogens with two attached hydrogens (primary N) is 2. The van der Waals surface area contributed by atoms with E-state index in [9.17, 15) is 14.3 Å². The Morgan fingerprint density at radius 2 is 2.03 bits per heavy atom. The van der Waals surface area contributed by atoms with Crippen molar-refractivity contribution in [2.45, 2.75) is 24.5 Å². The van der Waals surface area contributed by atoms with Crippen LogP contribution in [0.4, 0.5) is 11.5 Å². The fourth-order valence-corrected chi connectivity index (χ4v) is 4.53. The molecule has 0 aliphatic carbocycles. The predicted molar refractivity (Wildman–Crippen MR) is 102 cm³/mol. The Labute approximate surface area is 202 Å². The number of benzene rings is 1. The third kappa shape index (κ3) is 4.02. The van der Waals surface area contributed by atoms with Gasteiger partial charge in [0.15, 0.2) is 23.8 Å². The van der Waals surface area contributed by atoms with Crippen molar-refractivity contribution in [2.24, 2.45) is 0 Å². The molecule has 0 bridgehead atoms. The van der Waals surface area contributed by atoms with Crippen LogP contribution in [-0.4, -0.2) is 50.4 Å². The van der Waals surface area contributed by atoms with Gasteiger partial charge >= 0.3 is 35.5 Å². The van der Waals surface area contributed by atoms with Gasteiger partial charge in [0.2, 0.25) is 0 Å². The van der Waals surface area contributed by atoms with Gasteiger partial charge in [-0.1, -0.05) is 12.1 Å². The average Bonchev–Trinajstić information content (AvgIpc) is 3.30. The summed E-state index contributed by atoms with van der Waals surface area (Å²) >= 11 is 0. The van der Waals surface area contributed by atoms with E-state index in [1.807, 2.05) is 0 Å². The Morgan fingerprint density at radius 1 is 1.25 bits per heavy atom. The van der Waals surface area contributed by atoms with Gasteiger partial charge in [-0.3, -0.25) is 9.13 Å². The Morgan fingerprint density at radius 3 is 2.81 bits per heavy atom. The van der Waals surface area contributed by atoms with Gasteiger partial charge in [0.25, 0.3) is 7.82 Å². The molecule has 5 atom stereocenters. The number of phosphoric ester groups is 1. The van der Waals surface area contributed by atoms with E-state index in [2.05, 4.69) is 15.0 Å². The van der Waals surface area contributed by atoms with Crippen molar-refractivity contribution in [1.29, 1.82) is 0 Å². The van der Waals surface area contributed by atoms with Crippen LogP contribution in [-0.2, 0) is 23.1 Å². The molecule has 2 fully saturated rings. The summed E-state index contributed by atoms with van der Waals surface area (Å²) in [5, 5.41) is 0. The summed E-state index contributed by atoms with van der Waals surface area (Å²) in [5.74, 6) is -0.625. The van der Waals surface area contributed by atoms with E-state index in [0.717, 1.165) is 0 Å². The van der Waals surface area contributed by atoms with Gasteiger partial charge in [0, 0.05) is 5.69 Å². The van der Waals surface area contributed by atoms with Crippen molar-refractivity contribution in [3.63, 3.8) is 0 Å². The summed E-state index contributed by atoms with van der Waals surface area (Å²) in [5.41, 5.74) is 12.6. The third-order valence-electron chi connectivity index (χ3n) is 5.02. The van der Waals surface area contributed by atoms with Gasteiger partial charge < -0.3 is 34.9 Å². The molecule has 4 N–H and O–H groups in total. The fraction of sp³-hybridized carbons (Fsp3) is 0.294. The molecule has 2 saturated heterocycles. The van der Waals surface area contributed by atoms with Crippen molar-refractivity contribution in [1.82, 2.24) is 19.5 Å². The molecule has 0 saturated carbocycles. The zero-order valence-electron chi connectivity index (χ0n) is 16.7. The van der Waals surface area contributed by atoms with Crippen LogP contribution in [0.25, 0.3) is 11.2 Å². The van der Waals surface area contributed by atoms with Crippen LogP contribution in [0.3, 0.4) is 0 Å². The Hall–Kier alpha value is -2.09. The molecule has 0 radical (unpaired) electrons. The van der Waals surface area contributed by atoms with Crippen molar-refractivity contribution < 1.29 is 62.3 Å². The summed E-state index contributed by atoms with van der Waals surface area (Å²) in [4.78, 5) is 37.0. The normalized spacial score (nSPS) is 29.3. The van der Waals surface area contributed by atoms with Gasteiger partial charge in [-0.05, 0) is 12.1 Å². The van der Waals surface area contributed by atoms with Crippen LogP contribution < -0.4 is 45.9 Å². The van der Waals surface area contributed by atoms with Crippen molar-refractivity contribution >= 4 is 36.5 Å². The minimum absolute atomic E-state index is 0. The fourth-order valence-electron chi connectivity index (χ4n) is 3.59. The molecule has 4 heterocycles. The maximum Gasteiger partial charge on any atom is 1.00 e. The molecule has 1 unspecified atom stereocenters. The molecule has 3 aromatic rings. The topological polar surface area (TPSA) is 190 Å². The van der Waals surface area contributed by atoms with E-state index >= 15 is 0 Å². The summed E-state index contributed by atoms with van der Waals surface area (Å²) in [6.45, 7) is -0.298. The van der Waals surface area contributed by atoms with Crippen LogP contribution in [0.2, 0.25) is 0 Å². The first-order chi connectivity index (χ1) is 14.8. The molecule has 1 aromatic carbocycles. The second-order valence-electron chi connectivity index (χ2n) is 6.92. The van der Waals surface area contributed by atoms with Gasteiger partial charge in [-0.25, -0.2) is 19.7 Å². The molecule has 2 aliphatic heterocycles. The molecule has 0 spiro atoms. The van der Waals surface area contributed by atoms with Crippen LogP contribution in [0, 0.1) is 0 Å². The van der Waals surface area contributed by atoms with Crippen LogP contribution in [0.15, 0.2) is 36.9 Å². The van der Waals surface area contributed by atoms with E-state index in [0.29, 0.717) is 11.2 Å². The number of anilines is 2. The predicted octanol–water partition coefficient (Wildman–Crippen LogP) is -3.00. The van der Waals surface area contributed by atoms with Gasteiger partial charge in [-0.2, -0.15) is 0 Å². The van der Waals surface area contributed by atoms with Crippen molar-refractivity contribution in [3.05, 3.63) is 42.5 Å². The van der Waals surface area contributed by atoms with Gasteiger partial charge in [-0.15, -0.1) is 0 Å². The number of para-hydroxylation sites is 1. The Balaban J connectivity index is 0.00000245. The standard InChI is InChI=1S/C17H17N6O7P.Na/c18-9-4-2-1-3-8(9)17(24)29-13-12-10(5-27-31(25,26)30-12)28-16(13)23-7-22-11-14(19)20-6-21-15(11)23;/h1-4,6-7,10,12-13,16H,5,18H2,(H,25,26)(H2,19,20,21);/q;+1/p-1/t10-,12-,13-,16-;/m1./s1. The Kier molecular flexibility index (Phi) is 6.27. The molecule has 15 heteroatoms. The number of fused-ring (bicyclic) bond motifs is 2. The summed E-state index contributed by atoms with van der Waals surface area (Å²) in [7, 11) is -4.59. The van der Waals surface area contributed by atoms with Crippen molar-refractivity contribution in [2.75, 3.05) is 18.1 Å². The third-order valence-corrected chi connectivity index (χ3v) is 5.99. The number of aromatic nitrogens is 4. The summed E-state index contributed by atoms with van der Waals surface area (Å²) in [6, 6.07) is 6.32. The number of hydrogen-bond acceptors (Lipinski definition) is 12. The number of nitrogens with zero attached hydrogens (tertiary/aromatic N) is 4. The van der Waals surface area contributed by atoms with Crippen molar-refractivity contribution in [3.8, 4) is 0 Å². The minimum atomic E-state index is -4.59. The average molecular weight is 470 g/mol. The summed E-state index contributed by atoms with van der Waals surface area (Å²) in [6.07, 6.45) is -1.56. The summed E-state index contributed by atoms with van der Waals surface area (Å²) < 4.78 is 34.8. The number of carbonyl (C=O) groups excluding carboxylic acids is 1. The number of imidazole rings is 1. The van der Waals surface area contributed by atoms with E-state index < -0.39 is 38.3 Å². The molecule has 5 rings (SSSR count). The maximum atomic E-state index is 12.8.